The van der Waals surface area contributed by atoms with Crippen LogP contribution >= 0.6 is 27.3 Å². The Morgan fingerprint density at radius 2 is 1.92 bits per heavy atom. The monoisotopic (exact) mass is 404 g/mol. The maximum absolute atomic E-state index is 3.97. The highest BCUT2D eigenvalue weighted by molar-refractivity contribution is 9.11. The predicted octanol–water partition coefficient (Wildman–Crippen LogP) is 5.14. The lowest BCUT2D eigenvalue weighted by Gasteiger charge is -2.35. The minimum atomic E-state index is 0.571. The summed E-state index contributed by atoms with van der Waals surface area (Å²) in [6.07, 6.45) is 6.41. The summed E-state index contributed by atoms with van der Waals surface area (Å²) in [4.78, 5) is 4.19. The fourth-order valence-corrected chi connectivity index (χ4v) is 5.90. The number of aryl methyl sites for hydroxylation is 1. The van der Waals surface area contributed by atoms with Gasteiger partial charge >= 0.3 is 0 Å². The molecule has 1 aliphatic heterocycles. The first-order valence-corrected chi connectivity index (χ1v) is 10.7. The van der Waals surface area contributed by atoms with E-state index in [2.05, 4.69) is 62.5 Å². The van der Waals surface area contributed by atoms with Crippen LogP contribution in [0.25, 0.3) is 0 Å². The lowest BCUT2D eigenvalue weighted by Crippen LogP contribution is -2.43. The summed E-state index contributed by atoms with van der Waals surface area (Å²) in [5.41, 5.74) is 2.99. The molecule has 2 aliphatic rings. The first-order valence-electron chi connectivity index (χ1n) is 9.08. The van der Waals surface area contributed by atoms with Crippen LogP contribution < -0.4 is 5.32 Å². The van der Waals surface area contributed by atoms with Crippen molar-refractivity contribution in [2.45, 2.75) is 50.7 Å². The van der Waals surface area contributed by atoms with Crippen LogP contribution in [0.2, 0.25) is 0 Å². The van der Waals surface area contributed by atoms with Crippen molar-refractivity contribution in [3.63, 3.8) is 0 Å². The number of benzene rings is 1. The van der Waals surface area contributed by atoms with E-state index in [1.54, 1.807) is 10.4 Å². The molecule has 128 valence electrons. The SMILES string of the molecule is Brc1cc2c(s1)CCCC2NC1CCN(Cc2ccccc2)CC1. The Bertz CT molecular complexity index is 662. The molecule has 0 radical (unpaired) electrons. The molecule has 0 amide bonds. The molecule has 1 aromatic carbocycles. The van der Waals surface area contributed by atoms with Gasteiger partial charge in [-0.25, -0.2) is 0 Å². The van der Waals surface area contributed by atoms with Crippen LogP contribution in [-0.4, -0.2) is 24.0 Å². The van der Waals surface area contributed by atoms with E-state index in [9.17, 15) is 0 Å². The zero-order chi connectivity index (χ0) is 16.4. The number of hydrogen-bond donors (Lipinski definition) is 1. The zero-order valence-corrected chi connectivity index (χ0v) is 16.4. The zero-order valence-electron chi connectivity index (χ0n) is 14.0. The van der Waals surface area contributed by atoms with Crippen molar-refractivity contribution in [1.82, 2.24) is 10.2 Å². The molecule has 0 saturated carbocycles. The molecule has 1 N–H and O–H groups in total. The van der Waals surface area contributed by atoms with Gasteiger partial charge in [-0.3, -0.25) is 4.90 Å². The van der Waals surface area contributed by atoms with Crippen molar-refractivity contribution in [3.8, 4) is 0 Å². The second-order valence-electron chi connectivity index (χ2n) is 7.08. The number of nitrogens with one attached hydrogen (secondary N) is 1. The van der Waals surface area contributed by atoms with Crippen LogP contribution in [0, 0.1) is 0 Å². The van der Waals surface area contributed by atoms with E-state index in [4.69, 9.17) is 0 Å². The van der Waals surface area contributed by atoms with Crippen LogP contribution in [-0.2, 0) is 13.0 Å². The van der Waals surface area contributed by atoms with Gasteiger partial charge < -0.3 is 5.32 Å². The van der Waals surface area contributed by atoms with Gasteiger partial charge in [0.15, 0.2) is 0 Å². The molecule has 2 aromatic rings. The number of fused-ring (bicyclic) bond motifs is 1. The second kappa shape index (κ2) is 7.69. The summed E-state index contributed by atoms with van der Waals surface area (Å²) in [5.74, 6) is 0. The molecule has 1 unspecified atom stereocenters. The molecule has 0 bridgehead atoms. The van der Waals surface area contributed by atoms with Gasteiger partial charge in [-0.15, -0.1) is 11.3 Å². The van der Waals surface area contributed by atoms with E-state index >= 15 is 0 Å². The van der Waals surface area contributed by atoms with Crippen LogP contribution in [0.4, 0.5) is 0 Å². The molecular formula is C20H25BrN2S. The lowest BCUT2D eigenvalue weighted by atomic mass is 9.92. The molecule has 1 saturated heterocycles. The van der Waals surface area contributed by atoms with E-state index in [1.807, 2.05) is 11.3 Å². The molecule has 2 heterocycles. The van der Waals surface area contributed by atoms with Gasteiger partial charge in [0.25, 0.3) is 0 Å². The number of rotatable bonds is 4. The van der Waals surface area contributed by atoms with Gasteiger partial charge in [0.2, 0.25) is 0 Å². The number of nitrogens with zero attached hydrogens (tertiary/aromatic N) is 1. The van der Waals surface area contributed by atoms with E-state index in [0.29, 0.717) is 12.1 Å². The summed E-state index contributed by atoms with van der Waals surface area (Å²) < 4.78 is 1.29. The average Bonchev–Trinajstić information content (AvgIpc) is 2.99. The summed E-state index contributed by atoms with van der Waals surface area (Å²) in [6, 6.07) is 14.5. The van der Waals surface area contributed by atoms with Gasteiger partial charge in [0, 0.05) is 23.5 Å². The first kappa shape index (κ1) is 16.8. The van der Waals surface area contributed by atoms with Crippen LogP contribution in [0.1, 0.15) is 47.7 Å². The summed E-state index contributed by atoms with van der Waals surface area (Å²) in [7, 11) is 0. The molecule has 0 spiro atoms. The van der Waals surface area contributed by atoms with Crippen molar-refractivity contribution in [3.05, 3.63) is 56.2 Å². The highest BCUT2D eigenvalue weighted by atomic mass is 79.9. The predicted molar refractivity (Wildman–Crippen MR) is 106 cm³/mol. The Kier molecular flexibility index (Phi) is 5.37. The topological polar surface area (TPSA) is 15.3 Å². The smallest absolute Gasteiger partial charge is 0.0704 e. The first-order chi connectivity index (χ1) is 11.8. The molecule has 1 atom stereocenters. The van der Waals surface area contributed by atoms with Crippen molar-refractivity contribution in [2.24, 2.45) is 0 Å². The molecular weight excluding hydrogens is 380 g/mol. The van der Waals surface area contributed by atoms with Crippen molar-refractivity contribution >= 4 is 27.3 Å². The lowest BCUT2D eigenvalue weighted by molar-refractivity contribution is 0.181. The maximum Gasteiger partial charge on any atom is 0.0704 e. The fourth-order valence-electron chi connectivity index (χ4n) is 4.08. The molecule has 1 fully saturated rings. The Morgan fingerprint density at radius 3 is 2.71 bits per heavy atom. The Hall–Kier alpha value is -0.680. The van der Waals surface area contributed by atoms with Gasteiger partial charge in [-0.05, 0) is 78.3 Å². The summed E-state index contributed by atoms with van der Waals surface area (Å²) in [6.45, 7) is 3.51. The van der Waals surface area contributed by atoms with Gasteiger partial charge in [0.1, 0.15) is 0 Å². The fraction of sp³-hybridized carbons (Fsp3) is 0.500. The number of likely N-dealkylation sites (tertiary alicyclic amines) is 1. The van der Waals surface area contributed by atoms with Crippen molar-refractivity contribution < 1.29 is 0 Å². The van der Waals surface area contributed by atoms with E-state index in [-0.39, 0.29) is 0 Å². The number of hydrogen-bond acceptors (Lipinski definition) is 3. The van der Waals surface area contributed by atoms with E-state index in [1.165, 1.54) is 54.5 Å². The van der Waals surface area contributed by atoms with Crippen molar-refractivity contribution in [2.75, 3.05) is 13.1 Å². The van der Waals surface area contributed by atoms with Crippen LogP contribution in [0.5, 0.6) is 0 Å². The summed E-state index contributed by atoms with van der Waals surface area (Å²) in [5, 5.41) is 3.97. The number of halogens is 1. The molecule has 1 aliphatic carbocycles. The van der Waals surface area contributed by atoms with E-state index < -0.39 is 0 Å². The Labute approximate surface area is 157 Å². The highest BCUT2D eigenvalue weighted by Crippen LogP contribution is 2.38. The third-order valence-electron chi connectivity index (χ3n) is 5.36. The largest absolute Gasteiger partial charge is 0.307 e. The molecule has 24 heavy (non-hydrogen) atoms. The summed E-state index contributed by atoms with van der Waals surface area (Å²) >= 11 is 5.59. The highest BCUT2D eigenvalue weighted by Gasteiger charge is 2.26. The Balaban J connectivity index is 1.31. The third-order valence-corrected chi connectivity index (χ3v) is 7.07. The molecule has 4 heteroatoms. The quantitative estimate of drug-likeness (QED) is 0.758. The van der Waals surface area contributed by atoms with Gasteiger partial charge in [0.05, 0.1) is 3.79 Å². The van der Waals surface area contributed by atoms with Gasteiger partial charge in [-0.2, -0.15) is 0 Å². The maximum atomic E-state index is 3.97. The minimum Gasteiger partial charge on any atom is -0.307 e. The van der Waals surface area contributed by atoms with Gasteiger partial charge in [-0.1, -0.05) is 30.3 Å². The normalized spacial score (nSPS) is 22.5. The Morgan fingerprint density at radius 1 is 1.12 bits per heavy atom. The average molecular weight is 405 g/mol. The van der Waals surface area contributed by atoms with E-state index in [0.717, 1.165) is 6.54 Å². The molecule has 4 rings (SSSR count). The third kappa shape index (κ3) is 3.93. The molecule has 2 nitrogen and oxygen atoms in total. The standard InChI is InChI=1S/C20H25BrN2S/c21-20-13-17-18(7-4-8-19(17)24-20)22-16-9-11-23(12-10-16)14-15-5-2-1-3-6-15/h1-3,5-6,13,16,18,22H,4,7-12,14H2. The van der Waals surface area contributed by atoms with Crippen LogP contribution in [0.3, 0.4) is 0 Å². The number of piperidine rings is 1. The minimum absolute atomic E-state index is 0.571. The van der Waals surface area contributed by atoms with Crippen LogP contribution in [0.15, 0.2) is 40.2 Å². The number of thiophene rings is 1. The molecule has 1 aromatic heterocycles. The van der Waals surface area contributed by atoms with Crippen molar-refractivity contribution in [1.29, 1.82) is 0 Å². The second-order valence-corrected chi connectivity index (χ2v) is 9.59.